The van der Waals surface area contributed by atoms with E-state index in [9.17, 15) is 4.79 Å². The second-order valence-electron chi connectivity index (χ2n) is 4.50. The lowest BCUT2D eigenvalue weighted by Gasteiger charge is -2.05. The smallest absolute Gasteiger partial charge is 0.166 e. The van der Waals surface area contributed by atoms with Crippen molar-refractivity contribution >= 4 is 41.4 Å². The molecule has 1 aliphatic carbocycles. The molecule has 5 heteroatoms. The minimum absolute atomic E-state index is 0. The minimum Gasteiger partial charge on any atom is -0.316 e. The third-order valence-corrected chi connectivity index (χ3v) is 4.34. The van der Waals surface area contributed by atoms with Gasteiger partial charge in [0.15, 0.2) is 5.78 Å². The predicted octanol–water partition coefficient (Wildman–Crippen LogP) is 3.06. The number of hydrogen-bond acceptors (Lipinski definition) is 2. The highest BCUT2D eigenvalue weighted by atomic mass is 35.5. The molecule has 2 atom stereocenters. The summed E-state index contributed by atoms with van der Waals surface area (Å²) in [6.45, 7) is 1.95. The Morgan fingerprint density at radius 2 is 1.82 bits per heavy atom. The maximum atomic E-state index is 12.2. The lowest BCUT2D eigenvalue weighted by Crippen LogP contribution is -2.18. The van der Waals surface area contributed by atoms with Gasteiger partial charge in [0.25, 0.3) is 0 Å². The maximum absolute atomic E-state index is 12.2. The molecule has 0 aromatic heterocycles. The van der Waals surface area contributed by atoms with Crippen molar-refractivity contribution in [1.29, 1.82) is 0 Å². The third-order valence-electron chi connectivity index (χ3n) is 3.60. The number of ketones is 1. The molecule has 1 aliphatic heterocycles. The molecule has 2 aliphatic rings. The van der Waals surface area contributed by atoms with Crippen molar-refractivity contribution in [1.82, 2.24) is 5.32 Å². The molecule has 2 unspecified atom stereocenters. The monoisotopic (exact) mass is 291 g/mol. The van der Waals surface area contributed by atoms with Gasteiger partial charge in [0.05, 0.1) is 10.0 Å². The predicted molar refractivity (Wildman–Crippen MR) is 71.4 cm³/mol. The zero-order valence-electron chi connectivity index (χ0n) is 8.95. The van der Waals surface area contributed by atoms with Crippen molar-refractivity contribution in [3.63, 3.8) is 0 Å². The number of benzene rings is 1. The molecule has 2 nitrogen and oxygen atoms in total. The van der Waals surface area contributed by atoms with E-state index in [0.29, 0.717) is 27.4 Å². The number of hydrogen-bond donors (Lipinski definition) is 1. The second kappa shape index (κ2) is 4.77. The average molecular weight is 293 g/mol. The number of nitrogens with one attached hydrogen (secondary N) is 1. The first-order chi connectivity index (χ1) is 7.68. The molecule has 0 amide bonds. The average Bonchev–Trinajstić information content (AvgIpc) is 2.74. The van der Waals surface area contributed by atoms with Crippen LogP contribution < -0.4 is 5.32 Å². The van der Waals surface area contributed by atoms with Crippen molar-refractivity contribution in [2.75, 3.05) is 13.1 Å². The van der Waals surface area contributed by atoms with Crippen LogP contribution in [0, 0.1) is 17.8 Å². The highest BCUT2D eigenvalue weighted by molar-refractivity contribution is 6.42. The Morgan fingerprint density at radius 1 is 1.18 bits per heavy atom. The van der Waals surface area contributed by atoms with E-state index in [2.05, 4.69) is 5.32 Å². The number of rotatable bonds is 2. The first-order valence-electron chi connectivity index (χ1n) is 5.38. The fourth-order valence-electron chi connectivity index (χ4n) is 2.65. The first kappa shape index (κ1) is 13.2. The zero-order valence-corrected chi connectivity index (χ0v) is 11.3. The lowest BCUT2D eigenvalue weighted by atomic mass is 10.0. The van der Waals surface area contributed by atoms with Crippen LogP contribution in [0.3, 0.4) is 0 Å². The van der Waals surface area contributed by atoms with Crippen LogP contribution in [0.5, 0.6) is 0 Å². The Labute approximate surface area is 116 Å². The van der Waals surface area contributed by atoms with Crippen molar-refractivity contribution < 1.29 is 4.79 Å². The normalized spacial score (nSPS) is 29.4. The molecule has 17 heavy (non-hydrogen) atoms. The third kappa shape index (κ3) is 2.19. The molecular formula is C12H12Cl3NO. The van der Waals surface area contributed by atoms with Crippen LogP contribution in [0.4, 0.5) is 0 Å². The van der Waals surface area contributed by atoms with Gasteiger partial charge >= 0.3 is 0 Å². The van der Waals surface area contributed by atoms with E-state index >= 15 is 0 Å². The summed E-state index contributed by atoms with van der Waals surface area (Å²) in [5.74, 6) is 1.51. The standard InChI is InChI=1S/C12H11Cl2NO.ClH/c13-9-2-1-6(3-10(9)14)12(16)11-7-4-15-5-8(7)11;/h1-3,7-8,11,15H,4-5H2;1H. The SMILES string of the molecule is Cl.O=C(c1ccc(Cl)c(Cl)c1)C1C2CNCC21. The van der Waals surface area contributed by atoms with Gasteiger partial charge in [-0.1, -0.05) is 23.2 Å². The van der Waals surface area contributed by atoms with E-state index < -0.39 is 0 Å². The maximum Gasteiger partial charge on any atom is 0.166 e. The summed E-state index contributed by atoms with van der Waals surface area (Å²) in [4.78, 5) is 12.2. The first-order valence-corrected chi connectivity index (χ1v) is 6.14. The molecule has 0 radical (unpaired) electrons. The van der Waals surface area contributed by atoms with Crippen LogP contribution in [-0.2, 0) is 0 Å². The zero-order chi connectivity index (χ0) is 11.3. The lowest BCUT2D eigenvalue weighted by molar-refractivity contribution is 0.0953. The van der Waals surface area contributed by atoms with E-state index in [1.54, 1.807) is 18.2 Å². The summed E-state index contributed by atoms with van der Waals surface area (Å²) in [5.41, 5.74) is 0.689. The Bertz CT molecular complexity index is 453. The van der Waals surface area contributed by atoms with Gasteiger partial charge in [-0.3, -0.25) is 4.79 Å². The van der Waals surface area contributed by atoms with E-state index in [1.165, 1.54) is 0 Å². The van der Waals surface area contributed by atoms with Crippen LogP contribution in [0.1, 0.15) is 10.4 Å². The van der Waals surface area contributed by atoms with E-state index in [1.807, 2.05) is 0 Å². The van der Waals surface area contributed by atoms with Gasteiger partial charge in [0, 0.05) is 11.5 Å². The molecule has 1 saturated heterocycles. The van der Waals surface area contributed by atoms with Gasteiger partial charge in [0.1, 0.15) is 0 Å². The Balaban J connectivity index is 0.00000108. The van der Waals surface area contributed by atoms with Crippen molar-refractivity contribution in [3.05, 3.63) is 33.8 Å². The van der Waals surface area contributed by atoms with E-state index in [-0.39, 0.29) is 24.1 Å². The van der Waals surface area contributed by atoms with E-state index in [4.69, 9.17) is 23.2 Å². The topological polar surface area (TPSA) is 29.1 Å². The van der Waals surface area contributed by atoms with Crippen molar-refractivity contribution in [2.24, 2.45) is 17.8 Å². The van der Waals surface area contributed by atoms with Crippen molar-refractivity contribution in [3.8, 4) is 0 Å². The van der Waals surface area contributed by atoms with Gasteiger partial charge < -0.3 is 5.32 Å². The second-order valence-corrected chi connectivity index (χ2v) is 5.32. The molecule has 1 aromatic rings. The molecular weight excluding hydrogens is 280 g/mol. The number of halogens is 3. The van der Waals surface area contributed by atoms with Crippen molar-refractivity contribution in [2.45, 2.75) is 0 Å². The molecule has 0 bridgehead atoms. The number of piperidine rings is 1. The van der Waals surface area contributed by atoms with Gasteiger partial charge in [-0.05, 0) is 43.1 Å². The Hall–Kier alpha value is -0.280. The van der Waals surface area contributed by atoms with E-state index in [0.717, 1.165) is 13.1 Å². The summed E-state index contributed by atoms with van der Waals surface area (Å²) in [5, 5.41) is 4.23. The number of carbonyl (C=O) groups excluding carboxylic acids is 1. The number of carbonyl (C=O) groups is 1. The van der Waals surface area contributed by atoms with Gasteiger partial charge in [0.2, 0.25) is 0 Å². The van der Waals surface area contributed by atoms with Gasteiger partial charge in [-0.15, -0.1) is 12.4 Å². The molecule has 92 valence electrons. The summed E-state index contributed by atoms with van der Waals surface area (Å²) in [6.07, 6.45) is 0. The molecule has 0 spiro atoms. The van der Waals surface area contributed by atoms with Crippen LogP contribution in [0.2, 0.25) is 10.0 Å². The van der Waals surface area contributed by atoms with Crippen LogP contribution >= 0.6 is 35.6 Å². The molecule has 2 fully saturated rings. The Kier molecular flexibility index (Phi) is 3.69. The molecule has 1 aromatic carbocycles. The minimum atomic E-state index is 0. The Morgan fingerprint density at radius 3 is 2.41 bits per heavy atom. The van der Waals surface area contributed by atoms with Crippen LogP contribution in [-0.4, -0.2) is 18.9 Å². The summed E-state index contributed by atoms with van der Waals surface area (Å²) < 4.78 is 0. The highest BCUT2D eigenvalue weighted by Crippen LogP contribution is 2.50. The fraction of sp³-hybridized carbons (Fsp3) is 0.417. The largest absolute Gasteiger partial charge is 0.316 e. The quantitative estimate of drug-likeness (QED) is 0.849. The molecule has 1 heterocycles. The summed E-state index contributed by atoms with van der Waals surface area (Å²) in [6, 6.07) is 5.12. The fourth-order valence-corrected chi connectivity index (χ4v) is 2.95. The molecule has 1 saturated carbocycles. The molecule has 3 rings (SSSR count). The number of fused-ring (bicyclic) bond motifs is 1. The van der Waals surface area contributed by atoms with Crippen LogP contribution in [0.25, 0.3) is 0 Å². The van der Waals surface area contributed by atoms with Crippen LogP contribution in [0.15, 0.2) is 18.2 Å². The summed E-state index contributed by atoms with van der Waals surface area (Å²) >= 11 is 11.7. The van der Waals surface area contributed by atoms with Gasteiger partial charge in [-0.2, -0.15) is 0 Å². The molecule has 1 N–H and O–H groups in total. The number of Topliss-reactive ketones (excluding diaryl/α,β-unsaturated/α-hetero) is 1. The van der Waals surface area contributed by atoms with Gasteiger partial charge in [-0.25, -0.2) is 0 Å². The summed E-state index contributed by atoms with van der Waals surface area (Å²) in [7, 11) is 0. The highest BCUT2D eigenvalue weighted by Gasteiger charge is 2.56.